The second-order valence-corrected chi connectivity index (χ2v) is 9.63. The van der Waals surface area contributed by atoms with E-state index in [4.69, 9.17) is 9.47 Å². The molecule has 3 N–H and O–H groups in total. The summed E-state index contributed by atoms with van der Waals surface area (Å²) >= 11 is 0. The molecule has 2 aliphatic rings. The van der Waals surface area contributed by atoms with E-state index in [-0.39, 0.29) is 12.1 Å². The van der Waals surface area contributed by atoms with Gasteiger partial charge in [-0.15, -0.1) is 0 Å². The summed E-state index contributed by atoms with van der Waals surface area (Å²) in [5.74, 6) is 2.47. The van der Waals surface area contributed by atoms with Crippen molar-refractivity contribution >= 4 is 12.1 Å². The Morgan fingerprint density at radius 3 is 2.29 bits per heavy atom. The summed E-state index contributed by atoms with van der Waals surface area (Å²) in [6, 6.07) is 8.69. The van der Waals surface area contributed by atoms with Crippen molar-refractivity contribution in [2.24, 2.45) is 10.9 Å². The number of nitrogens with one attached hydrogen (secondary N) is 3. The summed E-state index contributed by atoms with van der Waals surface area (Å²) in [7, 11) is 1.79. The lowest BCUT2D eigenvalue weighted by atomic mass is 9.91. The first-order valence-corrected chi connectivity index (χ1v) is 11.5. The number of amides is 1. The molecular weight excluding hydrogens is 392 g/mol. The molecule has 0 aromatic heterocycles. The molecule has 0 atom stereocenters. The fourth-order valence-electron chi connectivity index (χ4n) is 3.71. The summed E-state index contributed by atoms with van der Waals surface area (Å²) < 4.78 is 11.4. The number of para-hydroxylation sites is 1. The molecule has 1 amide bonds. The smallest absolute Gasteiger partial charge is 0.407 e. The van der Waals surface area contributed by atoms with Crippen LogP contribution in [0.1, 0.15) is 64.9 Å². The molecule has 0 spiro atoms. The van der Waals surface area contributed by atoms with Crippen LogP contribution in [0.4, 0.5) is 4.79 Å². The van der Waals surface area contributed by atoms with Crippen molar-refractivity contribution in [2.45, 2.75) is 83.5 Å². The maximum absolute atomic E-state index is 12.0. The highest BCUT2D eigenvalue weighted by molar-refractivity contribution is 5.80. The Morgan fingerprint density at radius 1 is 1.03 bits per heavy atom. The monoisotopic (exact) mass is 430 g/mol. The van der Waals surface area contributed by atoms with Gasteiger partial charge in [0.05, 0.1) is 6.61 Å². The zero-order chi connectivity index (χ0) is 22.3. The zero-order valence-electron chi connectivity index (χ0n) is 19.4. The van der Waals surface area contributed by atoms with E-state index in [0.717, 1.165) is 55.5 Å². The van der Waals surface area contributed by atoms with Gasteiger partial charge in [-0.3, -0.25) is 4.99 Å². The molecule has 1 aromatic carbocycles. The number of guanidine groups is 1. The van der Waals surface area contributed by atoms with Crippen LogP contribution >= 0.6 is 0 Å². The van der Waals surface area contributed by atoms with Gasteiger partial charge in [-0.25, -0.2) is 4.79 Å². The molecule has 7 nitrogen and oxygen atoms in total. The standard InChI is InChI=1S/C24H38N4O3/c1-24(2,3)31-23(29)28-20-13-11-19(12-14-20)27-22(25-4)26-15-18-7-5-6-8-21(18)30-16-17-9-10-17/h5-8,17,19-20H,9-16H2,1-4H3,(H,28,29)(H2,25,26,27). The average Bonchev–Trinajstić information content (AvgIpc) is 3.54. The van der Waals surface area contributed by atoms with Gasteiger partial charge in [0.25, 0.3) is 0 Å². The Kier molecular flexibility index (Phi) is 8.04. The fourth-order valence-corrected chi connectivity index (χ4v) is 3.71. The van der Waals surface area contributed by atoms with E-state index in [9.17, 15) is 4.79 Å². The molecule has 2 aliphatic carbocycles. The van der Waals surface area contributed by atoms with Gasteiger partial charge in [-0.05, 0) is 71.3 Å². The van der Waals surface area contributed by atoms with Gasteiger partial charge in [0.15, 0.2) is 5.96 Å². The Morgan fingerprint density at radius 2 is 1.68 bits per heavy atom. The zero-order valence-corrected chi connectivity index (χ0v) is 19.4. The molecule has 0 aliphatic heterocycles. The summed E-state index contributed by atoms with van der Waals surface area (Å²) in [4.78, 5) is 16.4. The molecule has 172 valence electrons. The Labute approximate surface area is 186 Å². The number of carbonyl (C=O) groups is 1. The van der Waals surface area contributed by atoms with Crippen LogP contribution in [0.3, 0.4) is 0 Å². The Balaban J connectivity index is 1.40. The number of hydrogen-bond acceptors (Lipinski definition) is 4. The molecule has 2 saturated carbocycles. The third kappa shape index (κ3) is 8.31. The SMILES string of the molecule is CN=C(NCc1ccccc1OCC1CC1)NC1CCC(NC(=O)OC(C)(C)C)CC1. The summed E-state index contributed by atoms with van der Waals surface area (Å²) in [6.45, 7) is 7.11. The van der Waals surface area contributed by atoms with Crippen LogP contribution in [0.15, 0.2) is 29.3 Å². The van der Waals surface area contributed by atoms with E-state index in [1.165, 1.54) is 12.8 Å². The second-order valence-electron chi connectivity index (χ2n) is 9.63. The van der Waals surface area contributed by atoms with Crippen LogP contribution in [-0.4, -0.2) is 43.4 Å². The lowest BCUT2D eigenvalue weighted by Gasteiger charge is -2.31. The van der Waals surface area contributed by atoms with Crippen molar-refractivity contribution < 1.29 is 14.3 Å². The molecule has 7 heteroatoms. The molecule has 0 radical (unpaired) electrons. The Bertz CT molecular complexity index is 747. The molecule has 2 fully saturated rings. The normalized spacial score (nSPS) is 21.9. The number of nitrogens with zero attached hydrogens (tertiary/aromatic N) is 1. The first-order valence-electron chi connectivity index (χ1n) is 11.5. The molecular formula is C24H38N4O3. The van der Waals surface area contributed by atoms with Crippen LogP contribution in [0.2, 0.25) is 0 Å². The molecule has 1 aromatic rings. The van der Waals surface area contributed by atoms with Crippen molar-refractivity contribution in [3.63, 3.8) is 0 Å². The highest BCUT2D eigenvalue weighted by atomic mass is 16.6. The van der Waals surface area contributed by atoms with Gasteiger partial charge < -0.3 is 25.4 Å². The van der Waals surface area contributed by atoms with Crippen molar-refractivity contribution in [3.8, 4) is 5.75 Å². The minimum Gasteiger partial charge on any atom is -0.493 e. The molecule has 31 heavy (non-hydrogen) atoms. The minimum atomic E-state index is -0.470. The predicted molar refractivity (Wildman–Crippen MR) is 123 cm³/mol. The average molecular weight is 431 g/mol. The Hall–Kier alpha value is -2.44. The van der Waals surface area contributed by atoms with E-state index in [2.05, 4.69) is 27.0 Å². The number of ether oxygens (including phenoxy) is 2. The lowest BCUT2D eigenvalue weighted by molar-refractivity contribution is 0.0490. The number of benzene rings is 1. The van der Waals surface area contributed by atoms with Crippen LogP contribution in [0.25, 0.3) is 0 Å². The van der Waals surface area contributed by atoms with Crippen LogP contribution in [0, 0.1) is 5.92 Å². The molecule has 0 heterocycles. The summed E-state index contributed by atoms with van der Waals surface area (Å²) in [6.07, 6.45) is 6.03. The topological polar surface area (TPSA) is 84.0 Å². The van der Waals surface area contributed by atoms with Crippen molar-refractivity contribution in [3.05, 3.63) is 29.8 Å². The molecule has 3 rings (SSSR count). The first kappa shape index (κ1) is 23.2. The van der Waals surface area contributed by atoms with Crippen molar-refractivity contribution in [1.29, 1.82) is 0 Å². The number of carbonyl (C=O) groups excluding carboxylic acids is 1. The maximum Gasteiger partial charge on any atom is 0.407 e. The van der Waals surface area contributed by atoms with E-state index >= 15 is 0 Å². The predicted octanol–water partition coefficient (Wildman–Crippen LogP) is 3.98. The van der Waals surface area contributed by atoms with Crippen molar-refractivity contribution in [2.75, 3.05) is 13.7 Å². The quantitative estimate of drug-likeness (QED) is 0.450. The largest absolute Gasteiger partial charge is 0.493 e. The van der Waals surface area contributed by atoms with Crippen LogP contribution in [-0.2, 0) is 11.3 Å². The van der Waals surface area contributed by atoms with Gasteiger partial charge in [0, 0.05) is 31.2 Å². The number of hydrogen-bond donors (Lipinski definition) is 3. The number of rotatable bonds is 7. The molecule has 0 unspecified atom stereocenters. The van der Waals surface area contributed by atoms with Gasteiger partial charge in [-0.2, -0.15) is 0 Å². The summed E-state index contributed by atoms with van der Waals surface area (Å²) in [5, 5.41) is 9.93. The third-order valence-corrected chi connectivity index (χ3v) is 5.60. The summed E-state index contributed by atoms with van der Waals surface area (Å²) in [5.41, 5.74) is 0.666. The lowest BCUT2D eigenvalue weighted by Crippen LogP contribution is -2.47. The minimum absolute atomic E-state index is 0.165. The van der Waals surface area contributed by atoms with E-state index < -0.39 is 5.60 Å². The van der Waals surface area contributed by atoms with Gasteiger partial charge in [0.1, 0.15) is 11.4 Å². The second kappa shape index (κ2) is 10.7. The van der Waals surface area contributed by atoms with Crippen LogP contribution < -0.4 is 20.7 Å². The van der Waals surface area contributed by atoms with Gasteiger partial charge in [0.2, 0.25) is 0 Å². The van der Waals surface area contributed by atoms with Gasteiger partial charge in [-0.1, -0.05) is 18.2 Å². The molecule has 0 saturated heterocycles. The van der Waals surface area contributed by atoms with E-state index in [0.29, 0.717) is 12.6 Å². The molecule has 0 bridgehead atoms. The number of aliphatic imine (C=N–C) groups is 1. The first-order chi connectivity index (χ1) is 14.8. The maximum atomic E-state index is 12.0. The number of alkyl carbamates (subject to hydrolysis) is 1. The highest BCUT2D eigenvalue weighted by Gasteiger charge is 2.25. The van der Waals surface area contributed by atoms with Crippen LogP contribution in [0.5, 0.6) is 5.75 Å². The fraction of sp³-hybridized carbons (Fsp3) is 0.667. The van der Waals surface area contributed by atoms with E-state index in [1.54, 1.807) is 7.05 Å². The van der Waals surface area contributed by atoms with E-state index in [1.807, 2.05) is 39.0 Å². The third-order valence-electron chi connectivity index (χ3n) is 5.60. The highest BCUT2D eigenvalue weighted by Crippen LogP contribution is 2.30. The van der Waals surface area contributed by atoms with Crippen molar-refractivity contribution in [1.82, 2.24) is 16.0 Å². The van der Waals surface area contributed by atoms with Gasteiger partial charge >= 0.3 is 6.09 Å².